The molecular weight excluding hydrogens is 1080 g/mol. The molecule has 14 aromatic carbocycles. The minimum absolute atomic E-state index is 0.0187. The number of para-hydroxylation sites is 6. The maximum absolute atomic E-state index is 2.58. The molecule has 0 spiro atoms. The van der Waals surface area contributed by atoms with Crippen LogP contribution in [0.25, 0.3) is 32.3 Å². The number of hydrogen-bond donors (Lipinski definition) is 0. The molecule has 4 heterocycles. The first kappa shape index (κ1) is 49.3. The van der Waals surface area contributed by atoms with Crippen LogP contribution >= 0.6 is 23.5 Å². The monoisotopic (exact) mass is 1130 g/mol. The summed E-state index contributed by atoms with van der Waals surface area (Å²) in [7, 11) is 0. The second-order valence-corrected chi connectivity index (χ2v) is 24.9. The van der Waals surface area contributed by atoms with E-state index < -0.39 is 0 Å². The van der Waals surface area contributed by atoms with Crippen LogP contribution in [0.1, 0.15) is 0 Å². The molecule has 0 N–H and O–H groups in total. The highest BCUT2D eigenvalue weighted by molar-refractivity contribution is 8.00. The van der Waals surface area contributed by atoms with Crippen LogP contribution in [0.15, 0.2) is 323 Å². The van der Waals surface area contributed by atoms with Crippen molar-refractivity contribution in [1.29, 1.82) is 0 Å². The van der Waals surface area contributed by atoms with Gasteiger partial charge in [0.2, 0.25) is 13.4 Å². The summed E-state index contributed by atoms with van der Waals surface area (Å²) in [5.41, 5.74) is 21.6. The number of benzene rings is 14. The van der Waals surface area contributed by atoms with Gasteiger partial charge in [0.05, 0.1) is 0 Å². The molecule has 4 aliphatic heterocycles. The molecule has 0 amide bonds. The first-order valence-corrected chi connectivity index (χ1v) is 31.2. The standard InChI is InChI=1S/C78H50B2N4S2/c1-7-25-51(26-8-1)81(52-27-9-2-10-28-52)57-43-71-77-75(45-57)85-73-41-23-21-39-65(73)79(77)67-47-61-59-37-19-20-38-60(59)62-48-68-70(50-64(62)63(61)49-69(67)83(71)55-33-15-5-16-34-55)84(56-35-17-6-18-36-56)72-44-58(46-76-78(72)80(68)66-40-22-24-42-74(66)86-76)82(53-29-11-3-12-30-53)54-31-13-4-14-32-54/h1-50H. The molecule has 0 unspecified atom stereocenters. The van der Waals surface area contributed by atoms with Gasteiger partial charge in [-0.05, 0) is 175 Å². The Morgan fingerprint density at radius 2 is 0.547 bits per heavy atom. The van der Waals surface area contributed by atoms with E-state index >= 15 is 0 Å². The van der Waals surface area contributed by atoms with Crippen molar-refractivity contribution >= 4 is 170 Å². The highest BCUT2D eigenvalue weighted by Crippen LogP contribution is 2.51. The molecule has 0 radical (unpaired) electrons. The van der Waals surface area contributed by atoms with Gasteiger partial charge in [0.1, 0.15) is 0 Å². The van der Waals surface area contributed by atoms with Crippen molar-refractivity contribution in [2.45, 2.75) is 19.6 Å². The first-order valence-electron chi connectivity index (χ1n) is 29.5. The van der Waals surface area contributed by atoms with Gasteiger partial charge < -0.3 is 19.6 Å². The van der Waals surface area contributed by atoms with Crippen molar-refractivity contribution in [3.05, 3.63) is 303 Å². The highest BCUT2D eigenvalue weighted by atomic mass is 32.2. The number of nitrogens with zero attached hydrogens (tertiary/aromatic N) is 4. The topological polar surface area (TPSA) is 13.0 Å². The summed E-state index contributed by atoms with van der Waals surface area (Å²) >= 11 is 3.80. The van der Waals surface area contributed by atoms with Crippen LogP contribution in [0.3, 0.4) is 0 Å². The van der Waals surface area contributed by atoms with E-state index in [4.69, 9.17) is 0 Å². The Morgan fingerprint density at radius 1 is 0.233 bits per heavy atom. The van der Waals surface area contributed by atoms with Crippen molar-refractivity contribution in [3.8, 4) is 0 Å². The van der Waals surface area contributed by atoms with E-state index in [0.717, 1.165) is 45.5 Å². The van der Waals surface area contributed by atoms with Crippen LogP contribution < -0.4 is 52.4 Å². The van der Waals surface area contributed by atoms with Gasteiger partial charge in [-0.15, -0.1) is 0 Å². The second kappa shape index (κ2) is 19.7. The van der Waals surface area contributed by atoms with Gasteiger partial charge in [0.25, 0.3) is 0 Å². The van der Waals surface area contributed by atoms with Crippen molar-refractivity contribution in [1.82, 2.24) is 0 Å². The Hall–Kier alpha value is -10.1. The summed E-state index contributed by atoms with van der Waals surface area (Å²) in [6.45, 7) is -0.0374. The number of fused-ring (bicyclic) bond motifs is 14. The summed E-state index contributed by atoms with van der Waals surface area (Å²) in [5, 5.41) is 7.47. The Kier molecular flexibility index (Phi) is 11.3. The van der Waals surface area contributed by atoms with Crippen molar-refractivity contribution < 1.29 is 0 Å². The van der Waals surface area contributed by atoms with Crippen LogP contribution in [0.4, 0.5) is 68.2 Å². The Labute approximate surface area is 509 Å². The average molecular weight is 1130 g/mol. The zero-order valence-corrected chi connectivity index (χ0v) is 48.3. The molecule has 14 aromatic rings. The van der Waals surface area contributed by atoms with Crippen LogP contribution in [-0.2, 0) is 0 Å². The lowest BCUT2D eigenvalue weighted by Gasteiger charge is -2.42. The van der Waals surface area contributed by atoms with Crippen LogP contribution in [0, 0.1) is 0 Å². The lowest BCUT2D eigenvalue weighted by Crippen LogP contribution is -2.60. The maximum Gasteiger partial charge on any atom is 0.249 e. The molecule has 18 rings (SSSR count). The molecule has 0 aromatic heterocycles. The molecule has 400 valence electrons. The van der Waals surface area contributed by atoms with Gasteiger partial charge in [-0.1, -0.05) is 216 Å². The smallest absolute Gasteiger partial charge is 0.249 e. The van der Waals surface area contributed by atoms with E-state index in [1.165, 1.54) is 107 Å². The lowest BCUT2D eigenvalue weighted by atomic mass is 9.34. The van der Waals surface area contributed by atoms with Gasteiger partial charge >= 0.3 is 0 Å². The molecule has 4 aliphatic rings. The van der Waals surface area contributed by atoms with Gasteiger partial charge in [-0.3, -0.25) is 0 Å². The van der Waals surface area contributed by atoms with Gasteiger partial charge in [-0.2, -0.15) is 0 Å². The van der Waals surface area contributed by atoms with Crippen molar-refractivity contribution in [2.24, 2.45) is 0 Å². The molecule has 0 aliphatic carbocycles. The average Bonchev–Trinajstić information content (AvgIpc) is 0.744. The van der Waals surface area contributed by atoms with Crippen LogP contribution in [0.2, 0.25) is 0 Å². The van der Waals surface area contributed by atoms with Gasteiger partial charge in [-0.25, -0.2) is 0 Å². The number of hydrogen-bond acceptors (Lipinski definition) is 6. The lowest BCUT2D eigenvalue weighted by molar-refractivity contribution is 1.23. The van der Waals surface area contributed by atoms with E-state index in [2.05, 4.69) is 323 Å². The summed E-state index contributed by atoms with van der Waals surface area (Å²) in [6.07, 6.45) is 0. The summed E-state index contributed by atoms with van der Waals surface area (Å²) in [6, 6.07) is 113. The molecule has 0 saturated carbocycles. The maximum atomic E-state index is 2.58. The third-order valence-electron chi connectivity index (χ3n) is 18.0. The predicted molar refractivity (Wildman–Crippen MR) is 368 cm³/mol. The fourth-order valence-corrected chi connectivity index (χ4v) is 16.9. The van der Waals surface area contributed by atoms with E-state index in [1.807, 2.05) is 23.5 Å². The molecule has 0 atom stereocenters. The third-order valence-corrected chi connectivity index (χ3v) is 20.3. The molecule has 0 fully saturated rings. The highest BCUT2D eigenvalue weighted by Gasteiger charge is 2.44. The quantitative estimate of drug-likeness (QED) is 0.110. The summed E-state index contributed by atoms with van der Waals surface area (Å²) in [5.74, 6) is 0. The van der Waals surface area contributed by atoms with Crippen molar-refractivity contribution in [2.75, 3.05) is 19.6 Å². The van der Waals surface area contributed by atoms with Gasteiger partial charge in [0, 0.05) is 87.8 Å². The molecule has 0 saturated heterocycles. The number of rotatable bonds is 8. The van der Waals surface area contributed by atoms with E-state index in [0.29, 0.717) is 0 Å². The molecular formula is C78H50B2N4S2. The zero-order valence-electron chi connectivity index (χ0n) is 46.6. The summed E-state index contributed by atoms with van der Waals surface area (Å²) < 4.78 is 0. The normalized spacial score (nSPS) is 13.2. The Morgan fingerprint density at radius 3 is 0.919 bits per heavy atom. The molecule has 86 heavy (non-hydrogen) atoms. The fourth-order valence-electron chi connectivity index (χ4n) is 14.5. The minimum Gasteiger partial charge on any atom is -0.311 e. The number of anilines is 12. The van der Waals surface area contributed by atoms with Crippen LogP contribution in [-0.4, -0.2) is 13.4 Å². The minimum atomic E-state index is -0.0187. The Balaban J connectivity index is 0.933. The third kappa shape index (κ3) is 7.63. The van der Waals surface area contributed by atoms with Gasteiger partial charge in [0.15, 0.2) is 0 Å². The van der Waals surface area contributed by atoms with E-state index in [-0.39, 0.29) is 13.4 Å². The summed E-state index contributed by atoms with van der Waals surface area (Å²) in [4.78, 5) is 15.1. The molecule has 0 bridgehead atoms. The largest absolute Gasteiger partial charge is 0.311 e. The SMILES string of the molecule is c1ccc(N(c2ccccc2)c2cc3c4c(c2)N(c2ccccc2)c2cc5c(cc2B4c2ccccc2S3)c2ccccc2c2cc3c(cc25)N(c2ccccc2)c2cc(N(c4ccccc4)c4ccccc4)cc4c2B3c2ccccc2S4)cc1. The zero-order chi connectivity index (χ0) is 56.4. The molecule has 8 heteroatoms. The van der Waals surface area contributed by atoms with E-state index in [9.17, 15) is 0 Å². The fraction of sp³-hybridized carbons (Fsp3) is 0. The molecule has 4 nitrogen and oxygen atoms in total. The Bertz CT molecular complexity index is 4640. The predicted octanol–water partition coefficient (Wildman–Crippen LogP) is 17.6. The first-order chi connectivity index (χ1) is 42.7. The van der Waals surface area contributed by atoms with E-state index in [1.54, 1.807) is 0 Å². The van der Waals surface area contributed by atoms with Crippen LogP contribution in [0.5, 0.6) is 0 Å². The van der Waals surface area contributed by atoms with Crippen molar-refractivity contribution in [3.63, 3.8) is 0 Å². The second-order valence-electron chi connectivity index (χ2n) is 22.7.